The summed E-state index contributed by atoms with van der Waals surface area (Å²) < 4.78 is 36.0. The number of fused-ring (bicyclic) bond motifs is 4. The van der Waals surface area contributed by atoms with Crippen LogP contribution in [0.5, 0.6) is 0 Å². The molecule has 16 heteroatoms. The van der Waals surface area contributed by atoms with Crippen molar-refractivity contribution in [3.63, 3.8) is 0 Å². The molecule has 3 N–H and O–H groups in total. The van der Waals surface area contributed by atoms with Crippen molar-refractivity contribution in [2.45, 2.75) is 57.6 Å². The Hall–Kier alpha value is -3.47. The topological polar surface area (TPSA) is 168 Å². The summed E-state index contributed by atoms with van der Waals surface area (Å²) in [7, 11) is -5.17. The Morgan fingerprint density at radius 2 is 1.93 bits per heavy atom. The zero-order chi connectivity index (χ0) is 29.5. The predicted molar refractivity (Wildman–Crippen MR) is 148 cm³/mol. The minimum Gasteiger partial charge on any atom is -0.464 e. The Labute approximate surface area is 234 Å². The van der Waals surface area contributed by atoms with Crippen molar-refractivity contribution in [3.8, 4) is 0 Å². The molecule has 0 saturated carbocycles. The van der Waals surface area contributed by atoms with Crippen LogP contribution >= 0.6 is 0 Å². The molecular formula is C24H35N7O7SSi. The number of carbonyl (C=O) groups is 2. The van der Waals surface area contributed by atoms with Gasteiger partial charge in [0.25, 0.3) is 8.32 Å². The molecule has 14 nitrogen and oxygen atoms in total. The summed E-state index contributed by atoms with van der Waals surface area (Å²) in [6, 6.07) is 7.73. The first-order valence-corrected chi connectivity index (χ1v) is 17.0. The van der Waals surface area contributed by atoms with Crippen LogP contribution in [0.2, 0.25) is 18.1 Å². The summed E-state index contributed by atoms with van der Waals surface area (Å²) in [5, 5.41) is 18.9. The Morgan fingerprint density at radius 3 is 2.55 bits per heavy atom. The predicted octanol–water partition coefficient (Wildman–Crippen LogP) is 2.87. The number of amides is 3. The number of hydrogen-bond acceptors (Lipinski definition) is 8. The normalized spacial score (nSPS) is 19.6. The number of carboxylic acid groups (broad SMARTS) is 1. The van der Waals surface area contributed by atoms with Gasteiger partial charge in [-0.15, -0.1) is 5.16 Å². The van der Waals surface area contributed by atoms with Crippen molar-refractivity contribution >= 4 is 36.4 Å². The number of hydroxylamine groups is 2. The summed E-state index contributed by atoms with van der Waals surface area (Å²) in [5.41, 5.74) is 2.41. The van der Waals surface area contributed by atoms with Gasteiger partial charge in [0, 0.05) is 12.6 Å². The summed E-state index contributed by atoms with van der Waals surface area (Å²) in [6.07, 6.45) is -0.0801. The third-order valence-electron chi connectivity index (χ3n) is 7.42. The van der Waals surface area contributed by atoms with Crippen LogP contribution in [0.3, 0.4) is 0 Å². The molecule has 1 aromatic carbocycles. The van der Waals surface area contributed by atoms with E-state index in [1.807, 2.05) is 64.2 Å². The smallest absolute Gasteiger partial charge is 0.419 e. The van der Waals surface area contributed by atoms with Crippen molar-refractivity contribution in [2.24, 2.45) is 12.2 Å². The molecule has 2 bridgehead atoms. The van der Waals surface area contributed by atoms with Gasteiger partial charge >= 0.3 is 22.3 Å². The van der Waals surface area contributed by atoms with Crippen LogP contribution in [-0.2, 0) is 33.2 Å². The van der Waals surface area contributed by atoms with Crippen LogP contribution in [0.25, 0.3) is 0 Å². The average Bonchev–Trinajstić information content (AvgIpc) is 3.37. The largest absolute Gasteiger partial charge is 0.464 e. The molecule has 3 heterocycles. The number of hydrogen-bond donors (Lipinski definition) is 3. The molecule has 2 aliphatic heterocycles. The lowest BCUT2D eigenvalue weighted by atomic mass is 9.95. The number of aryl methyl sites for hydroxylation is 1. The van der Waals surface area contributed by atoms with Crippen molar-refractivity contribution in [2.75, 3.05) is 13.1 Å². The fourth-order valence-electron chi connectivity index (χ4n) is 4.25. The van der Waals surface area contributed by atoms with Gasteiger partial charge in [0.2, 0.25) is 0 Å². The van der Waals surface area contributed by atoms with E-state index >= 15 is 0 Å². The Bertz CT molecular complexity index is 1410. The highest BCUT2D eigenvalue weighted by Crippen LogP contribution is 2.45. The lowest BCUT2D eigenvalue weighted by Gasteiger charge is -2.35. The van der Waals surface area contributed by atoms with E-state index in [0.29, 0.717) is 5.69 Å². The minimum atomic E-state index is -4.43. The lowest BCUT2D eigenvalue weighted by molar-refractivity contribution is -0.141. The quantitative estimate of drug-likeness (QED) is 0.215. The number of rotatable bonds is 10. The molecule has 2 aliphatic rings. The van der Waals surface area contributed by atoms with Gasteiger partial charge in [-0.25, -0.2) is 14.3 Å². The van der Waals surface area contributed by atoms with E-state index in [9.17, 15) is 18.0 Å². The summed E-state index contributed by atoms with van der Waals surface area (Å²) in [5.74, 6) is 0. The summed E-state index contributed by atoms with van der Waals surface area (Å²) >= 11 is 0. The third-order valence-corrected chi connectivity index (χ3v) is 12.5. The van der Waals surface area contributed by atoms with Gasteiger partial charge in [0.15, 0.2) is 0 Å². The first-order chi connectivity index (χ1) is 18.6. The lowest BCUT2D eigenvalue weighted by Crippen LogP contribution is -2.47. The highest BCUT2D eigenvalue weighted by atomic mass is 32.2. The van der Waals surface area contributed by atoms with E-state index in [0.717, 1.165) is 11.1 Å². The maximum atomic E-state index is 13.7. The number of carbonyl (C=O) groups excluding carboxylic acids is 1. The molecule has 0 aliphatic carbocycles. The Balaban J connectivity index is 1.71. The number of oxime groups is 1. The van der Waals surface area contributed by atoms with Crippen LogP contribution in [0.15, 0.2) is 41.7 Å². The molecule has 0 radical (unpaired) electrons. The summed E-state index contributed by atoms with van der Waals surface area (Å²) in [6.45, 7) is 10.1. The number of nitrogens with zero attached hydrogens (tertiary/aromatic N) is 5. The zero-order valence-corrected chi connectivity index (χ0v) is 25.1. The third kappa shape index (κ3) is 5.98. The second-order valence-corrected chi connectivity index (χ2v) is 17.4. The molecule has 1 fully saturated rings. The number of benzene rings is 1. The van der Waals surface area contributed by atoms with Crippen LogP contribution in [0.4, 0.5) is 9.59 Å². The standard InChI is InChI=1S/C24H35N7O7SSi/c1-24(2,3)40(5,6)38-27-18(13-26-39(35,36)28-22(32)33)21-20-17(12-25-29(20)4)19-14-30(21)23(34)31(19)37-15-16-10-8-7-9-11-16/h7-12,19,21,26,28H,13-15H2,1-6H3,(H,32,33)/b27-18+/t19-,21+/m0/s1. The van der Waals surface area contributed by atoms with E-state index < -0.39 is 49.3 Å². The number of urea groups is 1. The monoisotopic (exact) mass is 593 g/mol. The van der Waals surface area contributed by atoms with Gasteiger partial charge in [0.05, 0.1) is 30.7 Å². The molecule has 1 saturated heterocycles. The highest BCUT2D eigenvalue weighted by molar-refractivity contribution is 7.88. The van der Waals surface area contributed by atoms with E-state index in [-0.39, 0.29) is 23.9 Å². The number of nitrogens with one attached hydrogen (secondary N) is 2. The van der Waals surface area contributed by atoms with Crippen molar-refractivity contribution in [1.82, 2.24) is 29.2 Å². The van der Waals surface area contributed by atoms with Gasteiger partial charge < -0.3 is 14.5 Å². The van der Waals surface area contributed by atoms with Gasteiger partial charge in [-0.3, -0.25) is 9.52 Å². The molecular weight excluding hydrogens is 558 g/mol. The van der Waals surface area contributed by atoms with Crippen LogP contribution in [0.1, 0.15) is 49.7 Å². The van der Waals surface area contributed by atoms with Crippen LogP contribution in [-0.4, -0.2) is 72.5 Å². The molecule has 4 rings (SSSR count). The van der Waals surface area contributed by atoms with Gasteiger partial charge in [-0.2, -0.15) is 23.3 Å². The highest BCUT2D eigenvalue weighted by Gasteiger charge is 2.52. The molecule has 218 valence electrons. The SMILES string of the molecule is Cn1ncc2c1[C@@H](/C(CNS(=O)(=O)NC(=O)O)=N/O[Si](C)(C)C(C)(C)C)N1C[C@@H]2N(OCc2ccccc2)C1=O. The molecule has 1 aromatic heterocycles. The van der Waals surface area contributed by atoms with E-state index in [1.165, 1.54) is 14.7 Å². The van der Waals surface area contributed by atoms with Crippen molar-refractivity contribution < 1.29 is 32.5 Å². The number of aromatic nitrogens is 2. The maximum Gasteiger partial charge on any atom is 0.419 e. The van der Waals surface area contributed by atoms with Crippen LogP contribution < -0.4 is 9.44 Å². The van der Waals surface area contributed by atoms with E-state index in [4.69, 9.17) is 14.5 Å². The van der Waals surface area contributed by atoms with Gasteiger partial charge in [-0.05, 0) is 23.7 Å². The summed E-state index contributed by atoms with van der Waals surface area (Å²) in [4.78, 5) is 32.2. The fraction of sp³-hybridized carbons (Fsp3) is 0.500. The van der Waals surface area contributed by atoms with Crippen molar-refractivity contribution in [1.29, 1.82) is 0 Å². The average molecular weight is 594 g/mol. The van der Waals surface area contributed by atoms with Crippen LogP contribution in [0, 0.1) is 0 Å². The van der Waals surface area contributed by atoms with E-state index in [2.05, 4.69) is 15.0 Å². The minimum absolute atomic E-state index is 0.169. The first kappa shape index (κ1) is 29.5. The molecule has 40 heavy (non-hydrogen) atoms. The zero-order valence-electron chi connectivity index (χ0n) is 23.3. The maximum absolute atomic E-state index is 13.7. The van der Waals surface area contributed by atoms with E-state index in [1.54, 1.807) is 17.9 Å². The van der Waals surface area contributed by atoms with Gasteiger partial charge in [-0.1, -0.05) is 51.1 Å². The molecule has 2 aromatic rings. The Kier molecular flexibility index (Phi) is 7.99. The second-order valence-electron chi connectivity index (χ2n) is 11.2. The molecule has 0 spiro atoms. The Morgan fingerprint density at radius 1 is 1.25 bits per heavy atom. The first-order valence-electron chi connectivity index (χ1n) is 12.6. The van der Waals surface area contributed by atoms with Crippen molar-refractivity contribution in [3.05, 3.63) is 53.3 Å². The fourth-order valence-corrected chi connectivity index (χ4v) is 5.51. The van der Waals surface area contributed by atoms with Gasteiger partial charge in [0.1, 0.15) is 18.7 Å². The molecule has 3 amide bonds. The molecule has 2 atom stereocenters. The second kappa shape index (κ2) is 10.8. The molecule has 0 unspecified atom stereocenters.